The molecule has 1 aromatic carbocycles. The molecule has 1 amide bonds. The smallest absolute Gasteiger partial charge is 0.252 e. The van der Waals surface area contributed by atoms with Crippen molar-refractivity contribution in [2.24, 2.45) is 5.92 Å². The van der Waals surface area contributed by atoms with E-state index in [1.54, 1.807) is 6.20 Å². The van der Waals surface area contributed by atoms with Crippen LogP contribution in [0.4, 0.5) is 0 Å². The van der Waals surface area contributed by atoms with Crippen LogP contribution in [0.15, 0.2) is 42.7 Å². The minimum atomic E-state index is -0.0530. The Kier molecular flexibility index (Phi) is 8.00. The molecule has 1 saturated heterocycles. The van der Waals surface area contributed by atoms with Gasteiger partial charge in [0.05, 0.1) is 5.56 Å². The third kappa shape index (κ3) is 6.13. The van der Waals surface area contributed by atoms with Crippen molar-refractivity contribution < 1.29 is 4.79 Å². The summed E-state index contributed by atoms with van der Waals surface area (Å²) >= 11 is 0. The number of likely N-dealkylation sites (tertiary alicyclic amines) is 1. The second-order valence-corrected chi connectivity index (χ2v) is 8.84. The van der Waals surface area contributed by atoms with Gasteiger partial charge in [-0.1, -0.05) is 38.5 Å². The zero-order valence-electron chi connectivity index (χ0n) is 18.9. The van der Waals surface area contributed by atoms with Gasteiger partial charge in [-0.2, -0.15) is 0 Å². The fourth-order valence-corrected chi connectivity index (χ4v) is 3.94. The molecule has 0 bridgehead atoms. The standard InChI is InChI=1S/C25H36N4O/c1-5-19(2)15-27-25(30)23-14-22(16-26-17-23)21-8-6-7-20(13-21)18-29(4)24-9-11-28(3)12-10-24/h6-8,13-14,16-17,19,24H,5,9-12,15,18H2,1-4H3,(H,27,30)/t19-/m0/s1. The first-order valence-electron chi connectivity index (χ1n) is 11.2. The highest BCUT2D eigenvalue weighted by Crippen LogP contribution is 2.23. The van der Waals surface area contributed by atoms with E-state index in [0.717, 1.165) is 24.1 Å². The van der Waals surface area contributed by atoms with E-state index >= 15 is 0 Å². The van der Waals surface area contributed by atoms with Gasteiger partial charge < -0.3 is 10.2 Å². The number of pyridine rings is 1. The summed E-state index contributed by atoms with van der Waals surface area (Å²) in [5.41, 5.74) is 3.99. The highest BCUT2D eigenvalue weighted by molar-refractivity contribution is 5.95. The van der Waals surface area contributed by atoms with Crippen LogP contribution in [0.25, 0.3) is 11.1 Å². The predicted octanol–water partition coefficient (Wildman–Crippen LogP) is 4.05. The summed E-state index contributed by atoms with van der Waals surface area (Å²) < 4.78 is 0. The molecule has 5 nitrogen and oxygen atoms in total. The molecule has 0 unspecified atom stereocenters. The summed E-state index contributed by atoms with van der Waals surface area (Å²) in [6.45, 7) is 8.25. The molecule has 1 aromatic heterocycles. The van der Waals surface area contributed by atoms with Crippen LogP contribution in [-0.2, 0) is 6.54 Å². The first-order valence-corrected chi connectivity index (χ1v) is 11.2. The Morgan fingerprint density at radius 3 is 2.73 bits per heavy atom. The van der Waals surface area contributed by atoms with Gasteiger partial charge in [-0.05, 0) is 69.2 Å². The zero-order valence-corrected chi connectivity index (χ0v) is 18.9. The van der Waals surface area contributed by atoms with Gasteiger partial charge in [0, 0.05) is 37.1 Å². The Morgan fingerprint density at radius 1 is 1.23 bits per heavy atom. The van der Waals surface area contributed by atoms with Gasteiger partial charge >= 0.3 is 0 Å². The van der Waals surface area contributed by atoms with Gasteiger partial charge in [0.15, 0.2) is 0 Å². The molecule has 5 heteroatoms. The van der Waals surface area contributed by atoms with E-state index in [-0.39, 0.29) is 5.91 Å². The largest absolute Gasteiger partial charge is 0.352 e. The number of piperidine rings is 1. The topological polar surface area (TPSA) is 48.5 Å². The van der Waals surface area contributed by atoms with E-state index in [1.807, 2.05) is 12.3 Å². The highest BCUT2D eigenvalue weighted by atomic mass is 16.1. The maximum atomic E-state index is 12.5. The molecule has 0 saturated carbocycles. The van der Waals surface area contributed by atoms with E-state index in [0.29, 0.717) is 24.1 Å². The molecule has 30 heavy (non-hydrogen) atoms. The van der Waals surface area contributed by atoms with Crippen LogP contribution in [-0.4, -0.2) is 60.5 Å². The molecule has 0 aliphatic carbocycles. The van der Waals surface area contributed by atoms with Crippen molar-refractivity contribution in [2.75, 3.05) is 33.7 Å². The number of hydrogen-bond donors (Lipinski definition) is 1. The summed E-state index contributed by atoms with van der Waals surface area (Å²) in [7, 11) is 4.43. The quantitative estimate of drug-likeness (QED) is 0.716. The monoisotopic (exact) mass is 408 g/mol. The zero-order chi connectivity index (χ0) is 21.5. The summed E-state index contributed by atoms with van der Waals surface area (Å²) in [5, 5.41) is 3.02. The predicted molar refractivity (Wildman–Crippen MR) is 123 cm³/mol. The molecule has 3 rings (SSSR count). The molecule has 0 spiro atoms. The van der Waals surface area contributed by atoms with Crippen molar-refractivity contribution in [3.05, 3.63) is 53.9 Å². The molecule has 1 atom stereocenters. The Hall–Kier alpha value is -2.24. The molecule has 0 radical (unpaired) electrons. The third-order valence-electron chi connectivity index (χ3n) is 6.31. The summed E-state index contributed by atoms with van der Waals surface area (Å²) in [4.78, 5) is 21.7. The molecule has 162 valence electrons. The van der Waals surface area contributed by atoms with E-state index in [4.69, 9.17) is 0 Å². The average Bonchev–Trinajstić information content (AvgIpc) is 2.77. The van der Waals surface area contributed by atoms with Crippen LogP contribution < -0.4 is 5.32 Å². The second kappa shape index (κ2) is 10.7. The highest BCUT2D eigenvalue weighted by Gasteiger charge is 2.20. The number of carbonyl (C=O) groups excluding carboxylic acids is 1. The molecule has 2 heterocycles. The lowest BCUT2D eigenvalue weighted by molar-refractivity contribution is 0.0947. The van der Waals surface area contributed by atoms with Gasteiger partial charge in [0.2, 0.25) is 0 Å². The second-order valence-electron chi connectivity index (χ2n) is 8.84. The van der Waals surface area contributed by atoms with Gasteiger partial charge in [0.25, 0.3) is 5.91 Å². The number of aromatic nitrogens is 1. The Bertz CT molecular complexity index is 829. The van der Waals surface area contributed by atoms with Crippen molar-refractivity contribution in [3.8, 4) is 11.1 Å². The Labute approximate surface area is 181 Å². The van der Waals surface area contributed by atoms with Crippen LogP contribution in [0.1, 0.15) is 49.0 Å². The van der Waals surface area contributed by atoms with E-state index < -0.39 is 0 Å². The molecule has 1 aliphatic heterocycles. The fraction of sp³-hybridized carbons (Fsp3) is 0.520. The van der Waals surface area contributed by atoms with E-state index in [1.165, 1.54) is 31.5 Å². The molecule has 1 N–H and O–H groups in total. The first-order chi connectivity index (χ1) is 14.5. The molecule has 2 aromatic rings. The Balaban J connectivity index is 1.67. The number of benzene rings is 1. The molecular formula is C25H36N4O. The van der Waals surface area contributed by atoms with Crippen LogP contribution in [0.3, 0.4) is 0 Å². The lowest BCUT2D eigenvalue weighted by Gasteiger charge is -2.35. The van der Waals surface area contributed by atoms with Crippen LogP contribution in [0, 0.1) is 5.92 Å². The van der Waals surface area contributed by atoms with Crippen molar-refractivity contribution >= 4 is 5.91 Å². The summed E-state index contributed by atoms with van der Waals surface area (Å²) in [6, 6.07) is 11.2. The lowest BCUT2D eigenvalue weighted by Crippen LogP contribution is -2.41. The number of hydrogen-bond acceptors (Lipinski definition) is 4. The van der Waals surface area contributed by atoms with Gasteiger partial charge in [-0.3, -0.25) is 14.7 Å². The number of nitrogens with one attached hydrogen (secondary N) is 1. The fourth-order valence-electron chi connectivity index (χ4n) is 3.94. The van der Waals surface area contributed by atoms with E-state index in [9.17, 15) is 4.79 Å². The van der Waals surface area contributed by atoms with Crippen LogP contribution in [0.2, 0.25) is 0 Å². The van der Waals surface area contributed by atoms with Gasteiger partial charge in [0.1, 0.15) is 0 Å². The van der Waals surface area contributed by atoms with Gasteiger partial charge in [-0.15, -0.1) is 0 Å². The van der Waals surface area contributed by atoms with Crippen LogP contribution >= 0.6 is 0 Å². The summed E-state index contributed by atoms with van der Waals surface area (Å²) in [5.74, 6) is 0.422. The van der Waals surface area contributed by atoms with Crippen molar-refractivity contribution in [2.45, 2.75) is 45.7 Å². The van der Waals surface area contributed by atoms with Crippen molar-refractivity contribution in [3.63, 3.8) is 0 Å². The normalized spacial score (nSPS) is 16.6. The number of carbonyl (C=O) groups is 1. The summed E-state index contributed by atoms with van der Waals surface area (Å²) in [6.07, 6.45) is 6.99. The molecule has 1 aliphatic rings. The number of rotatable bonds is 8. The average molecular weight is 409 g/mol. The van der Waals surface area contributed by atoms with Crippen LogP contribution in [0.5, 0.6) is 0 Å². The van der Waals surface area contributed by atoms with Crippen molar-refractivity contribution in [1.82, 2.24) is 20.1 Å². The minimum absolute atomic E-state index is 0.0530. The lowest BCUT2D eigenvalue weighted by atomic mass is 10.0. The maximum Gasteiger partial charge on any atom is 0.252 e. The number of nitrogens with zero attached hydrogens (tertiary/aromatic N) is 3. The van der Waals surface area contributed by atoms with Crippen molar-refractivity contribution in [1.29, 1.82) is 0 Å². The number of amides is 1. The maximum absolute atomic E-state index is 12.5. The molecule has 1 fully saturated rings. The molecular weight excluding hydrogens is 372 g/mol. The third-order valence-corrected chi connectivity index (χ3v) is 6.31. The SMILES string of the molecule is CC[C@H](C)CNC(=O)c1cncc(-c2cccc(CN(C)C3CCN(C)CC3)c2)c1. The van der Waals surface area contributed by atoms with E-state index in [2.05, 4.69) is 72.3 Å². The first kappa shape index (κ1) is 22.4. The minimum Gasteiger partial charge on any atom is -0.352 e. The Morgan fingerprint density at radius 2 is 2.00 bits per heavy atom. The van der Waals surface area contributed by atoms with Gasteiger partial charge in [-0.25, -0.2) is 0 Å².